The molecule has 0 atom stereocenters. The van der Waals surface area contributed by atoms with Crippen LogP contribution in [0, 0.1) is 0 Å². The number of carbonyl (C=O) groups is 1. The van der Waals surface area contributed by atoms with Crippen molar-refractivity contribution < 1.29 is 9.53 Å². The van der Waals surface area contributed by atoms with Gasteiger partial charge in [-0.3, -0.25) is 0 Å². The molecule has 0 bridgehead atoms. The summed E-state index contributed by atoms with van der Waals surface area (Å²) in [5, 5.41) is 3.15. The normalized spacial score (nSPS) is 12.6. The van der Waals surface area contributed by atoms with Gasteiger partial charge < -0.3 is 15.0 Å². The van der Waals surface area contributed by atoms with Crippen molar-refractivity contribution in [1.82, 2.24) is 9.97 Å². The molecule has 0 aliphatic carbocycles. The lowest BCUT2D eigenvalue weighted by molar-refractivity contribution is 0.0527. The van der Waals surface area contributed by atoms with E-state index in [9.17, 15) is 4.79 Å². The van der Waals surface area contributed by atoms with Crippen LogP contribution in [0.25, 0.3) is 0 Å². The summed E-state index contributed by atoms with van der Waals surface area (Å²) in [7, 11) is 0. The largest absolute Gasteiger partial charge is 0.462 e. The number of benzene rings is 2. The van der Waals surface area contributed by atoms with E-state index < -0.39 is 0 Å². The number of rotatable bonds is 5. The molecule has 0 radical (unpaired) electrons. The minimum absolute atomic E-state index is 0.327. The van der Waals surface area contributed by atoms with E-state index in [4.69, 9.17) is 4.74 Å². The molecule has 4 rings (SSSR count). The Bertz CT molecular complexity index is 974. The number of hydrogen-bond donors (Lipinski definition) is 1. The SMILES string of the molecule is CCOC(=O)c1ccccc1Nc1nccc(N2CCc3ccccc32)n1. The third-order valence-corrected chi connectivity index (χ3v) is 4.47. The summed E-state index contributed by atoms with van der Waals surface area (Å²) >= 11 is 0. The number of aromatic nitrogens is 2. The Morgan fingerprint density at radius 1 is 1.15 bits per heavy atom. The smallest absolute Gasteiger partial charge is 0.340 e. The van der Waals surface area contributed by atoms with Gasteiger partial charge in [-0.05, 0) is 43.2 Å². The zero-order valence-corrected chi connectivity index (χ0v) is 15.1. The first-order valence-electron chi connectivity index (χ1n) is 8.98. The lowest BCUT2D eigenvalue weighted by Gasteiger charge is -2.19. The number of nitrogens with zero attached hydrogens (tertiary/aromatic N) is 3. The fourth-order valence-electron chi connectivity index (χ4n) is 3.24. The van der Waals surface area contributed by atoms with Crippen molar-refractivity contribution in [3.05, 3.63) is 71.9 Å². The van der Waals surface area contributed by atoms with Gasteiger partial charge in [-0.25, -0.2) is 9.78 Å². The molecule has 136 valence electrons. The van der Waals surface area contributed by atoms with E-state index in [-0.39, 0.29) is 5.97 Å². The topological polar surface area (TPSA) is 67.3 Å². The molecule has 0 fully saturated rings. The zero-order valence-electron chi connectivity index (χ0n) is 15.1. The summed E-state index contributed by atoms with van der Waals surface area (Å²) in [5.74, 6) is 0.893. The van der Waals surface area contributed by atoms with Crippen molar-refractivity contribution in [2.24, 2.45) is 0 Å². The molecular formula is C21H20N4O2. The van der Waals surface area contributed by atoms with Gasteiger partial charge in [-0.2, -0.15) is 4.98 Å². The molecule has 1 aliphatic rings. The molecule has 1 N–H and O–H groups in total. The van der Waals surface area contributed by atoms with E-state index >= 15 is 0 Å². The van der Waals surface area contributed by atoms with Crippen molar-refractivity contribution >= 4 is 29.1 Å². The van der Waals surface area contributed by atoms with Gasteiger partial charge in [0.1, 0.15) is 5.82 Å². The number of carbonyl (C=O) groups excluding carboxylic acids is 1. The van der Waals surface area contributed by atoms with Crippen LogP contribution in [0.2, 0.25) is 0 Å². The highest BCUT2D eigenvalue weighted by Crippen LogP contribution is 2.33. The molecule has 1 aromatic heterocycles. The van der Waals surface area contributed by atoms with E-state index in [2.05, 4.69) is 38.4 Å². The highest BCUT2D eigenvalue weighted by atomic mass is 16.5. The minimum Gasteiger partial charge on any atom is -0.462 e. The Hall–Kier alpha value is -3.41. The second-order valence-electron chi connectivity index (χ2n) is 6.16. The van der Waals surface area contributed by atoms with Gasteiger partial charge in [-0.1, -0.05) is 30.3 Å². The molecule has 27 heavy (non-hydrogen) atoms. The van der Waals surface area contributed by atoms with E-state index in [1.807, 2.05) is 24.3 Å². The Morgan fingerprint density at radius 3 is 2.85 bits per heavy atom. The van der Waals surface area contributed by atoms with Crippen LogP contribution >= 0.6 is 0 Å². The first-order chi connectivity index (χ1) is 13.3. The van der Waals surface area contributed by atoms with Crippen LogP contribution < -0.4 is 10.2 Å². The summed E-state index contributed by atoms with van der Waals surface area (Å²) in [6.07, 6.45) is 2.72. The summed E-state index contributed by atoms with van der Waals surface area (Å²) in [5.41, 5.74) is 3.57. The van der Waals surface area contributed by atoms with Crippen LogP contribution in [-0.4, -0.2) is 29.1 Å². The number of hydrogen-bond acceptors (Lipinski definition) is 6. The van der Waals surface area contributed by atoms with Gasteiger partial charge in [0.05, 0.1) is 17.9 Å². The van der Waals surface area contributed by atoms with Crippen molar-refractivity contribution in [3.8, 4) is 0 Å². The highest BCUT2D eigenvalue weighted by molar-refractivity contribution is 5.96. The average molecular weight is 360 g/mol. The lowest BCUT2D eigenvalue weighted by Crippen LogP contribution is -2.16. The minimum atomic E-state index is -0.370. The van der Waals surface area contributed by atoms with E-state index in [1.165, 1.54) is 11.3 Å². The third kappa shape index (κ3) is 3.46. The fourth-order valence-corrected chi connectivity index (χ4v) is 3.24. The van der Waals surface area contributed by atoms with Crippen molar-refractivity contribution in [2.45, 2.75) is 13.3 Å². The van der Waals surface area contributed by atoms with Crippen molar-refractivity contribution in [3.63, 3.8) is 0 Å². The van der Waals surface area contributed by atoms with E-state index in [0.717, 1.165) is 18.8 Å². The van der Waals surface area contributed by atoms with Crippen LogP contribution in [0.1, 0.15) is 22.8 Å². The van der Waals surface area contributed by atoms with E-state index in [1.54, 1.807) is 25.3 Å². The number of fused-ring (bicyclic) bond motifs is 1. The molecule has 6 heteroatoms. The monoisotopic (exact) mass is 360 g/mol. The number of ether oxygens (including phenoxy) is 1. The maximum absolute atomic E-state index is 12.2. The van der Waals surface area contributed by atoms with Gasteiger partial charge in [0, 0.05) is 18.4 Å². The van der Waals surface area contributed by atoms with Crippen LogP contribution in [0.15, 0.2) is 60.8 Å². The van der Waals surface area contributed by atoms with Gasteiger partial charge in [0.25, 0.3) is 0 Å². The Kier molecular flexibility index (Phi) is 4.70. The Balaban J connectivity index is 1.61. The maximum Gasteiger partial charge on any atom is 0.340 e. The fraction of sp³-hybridized carbons (Fsp3) is 0.190. The van der Waals surface area contributed by atoms with Crippen LogP contribution in [0.3, 0.4) is 0 Å². The number of esters is 1. The van der Waals surface area contributed by atoms with Gasteiger partial charge in [-0.15, -0.1) is 0 Å². The molecule has 2 heterocycles. The Labute approximate surface area is 157 Å². The van der Waals surface area contributed by atoms with Crippen LogP contribution in [0.4, 0.5) is 23.1 Å². The molecule has 1 aliphatic heterocycles. The summed E-state index contributed by atoms with van der Waals surface area (Å²) in [4.78, 5) is 23.3. The molecular weight excluding hydrogens is 340 g/mol. The molecule has 0 saturated heterocycles. The molecule has 0 saturated carbocycles. The average Bonchev–Trinajstić information content (AvgIpc) is 3.13. The molecule has 0 spiro atoms. The predicted molar refractivity (Wildman–Crippen MR) is 105 cm³/mol. The van der Waals surface area contributed by atoms with Gasteiger partial charge in [0.15, 0.2) is 0 Å². The molecule has 3 aromatic rings. The molecule has 0 unspecified atom stereocenters. The van der Waals surface area contributed by atoms with Crippen LogP contribution in [-0.2, 0) is 11.2 Å². The molecule has 2 aromatic carbocycles. The molecule has 0 amide bonds. The second kappa shape index (κ2) is 7.45. The third-order valence-electron chi connectivity index (χ3n) is 4.47. The van der Waals surface area contributed by atoms with E-state index in [0.29, 0.717) is 23.8 Å². The quantitative estimate of drug-likeness (QED) is 0.691. The molecule has 6 nitrogen and oxygen atoms in total. The van der Waals surface area contributed by atoms with Gasteiger partial charge >= 0.3 is 5.97 Å². The van der Waals surface area contributed by atoms with Crippen LogP contribution in [0.5, 0.6) is 0 Å². The Morgan fingerprint density at radius 2 is 1.96 bits per heavy atom. The van der Waals surface area contributed by atoms with Gasteiger partial charge in [0.2, 0.25) is 5.95 Å². The summed E-state index contributed by atoms with van der Waals surface area (Å²) in [6, 6.07) is 17.4. The zero-order chi connectivity index (χ0) is 18.6. The second-order valence-corrected chi connectivity index (χ2v) is 6.16. The van der Waals surface area contributed by atoms with Crippen molar-refractivity contribution in [2.75, 3.05) is 23.4 Å². The predicted octanol–water partition coefficient (Wildman–Crippen LogP) is 4.09. The summed E-state index contributed by atoms with van der Waals surface area (Å²) in [6.45, 7) is 3.00. The first kappa shape index (κ1) is 17.0. The number of anilines is 4. The highest BCUT2D eigenvalue weighted by Gasteiger charge is 2.21. The van der Waals surface area contributed by atoms with Crippen molar-refractivity contribution in [1.29, 1.82) is 0 Å². The first-order valence-corrected chi connectivity index (χ1v) is 8.98. The maximum atomic E-state index is 12.2. The number of nitrogens with one attached hydrogen (secondary N) is 1. The standard InChI is InChI=1S/C21H20N4O2/c1-2-27-20(26)16-8-4-5-9-17(16)23-21-22-13-11-19(24-21)25-14-12-15-7-3-6-10-18(15)25/h3-11,13H,2,12,14H2,1H3,(H,22,23,24). The lowest BCUT2D eigenvalue weighted by atomic mass is 10.2. The number of para-hydroxylation sites is 2. The summed E-state index contributed by atoms with van der Waals surface area (Å²) < 4.78 is 5.12.